The van der Waals surface area contributed by atoms with Crippen molar-refractivity contribution in [2.45, 2.75) is 25.7 Å². The monoisotopic (exact) mass is 270 g/mol. The highest BCUT2D eigenvalue weighted by atomic mass is 16.4. The second-order valence-corrected chi connectivity index (χ2v) is 6.00. The Labute approximate surface area is 117 Å². The summed E-state index contributed by atoms with van der Waals surface area (Å²) in [5.74, 6) is 1.61. The van der Waals surface area contributed by atoms with Gasteiger partial charge in [0.05, 0.1) is 0 Å². The lowest BCUT2D eigenvalue weighted by molar-refractivity contribution is -0.120. The van der Waals surface area contributed by atoms with Crippen LogP contribution in [0.25, 0.3) is 11.1 Å². The Morgan fingerprint density at radius 1 is 1.25 bits per heavy atom. The number of fused-ring (bicyclic) bond motifs is 2. The minimum atomic E-state index is 0.174. The molecule has 1 aromatic carbocycles. The van der Waals surface area contributed by atoms with E-state index in [0.29, 0.717) is 17.9 Å². The average Bonchev–Trinajstić information content (AvgIpc) is 3.05. The lowest BCUT2D eigenvalue weighted by Gasteiger charge is -2.12. The quantitative estimate of drug-likeness (QED) is 0.841. The highest BCUT2D eigenvalue weighted by Gasteiger charge is 2.55. The molecule has 0 spiro atoms. The van der Waals surface area contributed by atoms with Gasteiger partial charge in [0.15, 0.2) is 5.58 Å². The van der Waals surface area contributed by atoms with Crippen molar-refractivity contribution in [3.8, 4) is 0 Å². The number of anilines is 1. The molecular formula is C16H18N2O2. The summed E-state index contributed by atoms with van der Waals surface area (Å²) in [5, 5.41) is 0. The van der Waals surface area contributed by atoms with Gasteiger partial charge in [-0.05, 0) is 36.8 Å². The van der Waals surface area contributed by atoms with Crippen molar-refractivity contribution in [3.05, 3.63) is 24.3 Å². The third-order valence-electron chi connectivity index (χ3n) is 4.84. The van der Waals surface area contributed by atoms with Crippen LogP contribution < -0.4 is 4.90 Å². The molecule has 0 radical (unpaired) electrons. The van der Waals surface area contributed by atoms with Gasteiger partial charge >= 0.3 is 6.01 Å². The predicted octanol–water partition coefficient (Wildman–Crippen LogP) is 3.23. The highest BCUT2D eigenvalue weighted by Crippen LogP contribution is 2.56. The Balaban J connectivity index is 1.57. The number of carbonyl (C=O) groups is 1. The zero-order chi connectivity index (χ0) is 13.7. The number of rotatable bonds is 2. The molecule has 2 aliphatic rings. The van der Waals surface area contributed by atoms with Crippen molar-refractivity contribution >= 4 is 23.0 Å². The molecule has 2 aromatic rings. The predicted molar refractivity (Wildman–Crippen MR) is 76.4 cm³/mol. The van der Waals surface area contributed by atoms with E-state index >= 15 is 0 Å². The maximum atomic E-state index is 12.6. The van der Waals surface area contributed by atoms with Crippen molar-refractivity contribution in [1.82, 2.24) is 4.98 Å². The van der Waals surface area contributed by atoms with Crippen LogP contribution in [0.4, 0.5) is 6.01 Å². The standard InChI is InChI=1S/C16H18N2O2/c1-18(15(19)14-10-6-2-3-7-11(10)14)16-17-12-8-4-5-9-13(12)20-16/h4-5,8-11,14H,2-3,6-7H2,1H3/t10-,11+,14?. The molecule has 1 aromatic heterocycles. The van der Waals surface area contributed by atoms with Gasteiger partial charge < -0.3 is 4.42 Å². The molecule has 2 aliphatic carbocycles. The Morgan fingerprint density at radius 3 is 2.65 bits per heavy atom. The van der Waals surface area contributed by atoms with Crippen LogP contribution in [-0.2, 0) is 4.79 Å². The van der Waals surface area contributed by atoms with Gasteiger partial charge in [-0.1, -0.05) is 25.0 Å². The van der Waals surface area contributed by atoms with E-state index in [2.05, 4.69) is 4.98 Å². The molecular weight excluding hydrogens is 252 g/mol. The van der Waals surface area contributed by atoms with Crippen molar-refractivity contribution < 1.29 is 9.21 Å². The summed E-state index contributed by atoms with van der Waals surface area (Å²) in [6.07, 6.45) is 4.97. The first-order valence-electron chi connectivity index (χ1n) is 7.39. The molecule has 104 valence electrons. The number of aromatic nitrogens is 1. The van der Waals surface area contributed by atoms with Gasteiger partial charge in [-0.2, -0.15) is 4.98 Å². The first kappa shape index (κ1) is 11.9. The van der Waals surface area contributed by atoms with E-state index in [1.807, 2.05) is 24.3 Å². The lowest BCUT2D eigenvalue weighted by Crippen LogP contribution is -2.29. The molecule has 4 heteroatoms. The number of oxazole rings is 1. The number of para-hydroxylation sites is 2. The molecule has 20 heavy (non-hydrogen) atoms. The number of carbonyl (C=O) groups excluding carboxylic acids is 1. The first-order valence-corrected chi connectivity index (χ1v) is 7.39. The largest absolute Gasteiger partial charge is 0.423 e. The number of benzene rings is 1. The Hall–Kier alpha value is -1.84. The van der Waals surface area contributed by atoms with E-state index in [1.54, 1.807) is 11.9 Å². The number of amides is 1. The molecule has 1 heterocycles. The van der Waals surface area contributed by atoms with Gasteiger partial charge in [0.2, 0.25) is 5.91 Å². The summed E-state index contributed by atoms with van der Waals surface area (Å²) in [4.78, 5) is 18.6. The molecule has 2 fully saturated rings. The molecule has 0 N–H and O–H groups in total. The normalized spacial score (nSPS) is 28.1. The van der Waals surface area contributed by atoms with Gasteiger partial charge in [0, 0.05) is 13.0 Å². The van der Waals surface area contributed by atoms with E-state index in [9.17, 15) is 4.79 Å². The van der Waals surface area contributed by atoms with E-state index < -0.39 is 0 Å². The van der Waals surface area contributed by atoms with Gasteiger partial charge in [-0.3, -0.25) is 9.69 Å². The van der Waals surface area contributed by atoms with Gasteiger partial charge in [-0.15, -0.1) is 0 Å². The molecule has 2 saturated carbocycles. The molecule has 3 atom stereocenters. The molecule has 0 bridgehead atoms. The molecule has 0 aliphatic heterocycles. The lowest BCUT2D eigenvalue weighted by atomic mass is 10.0. The Morgan fingerprint density at radius 2 is 1.95 bits per heavy atom. The SMILES string of the molecule is CN(C(=O)C1[C@H]2CCCC[C@@H]12)c1nc2ccccc2o1. The van der Waals surface area contributed by atoms with Crippen LogP contribution in [0.1, 0.15) is 25.7 Å². The van der Waals surface area contributed by atoms with E-state index in [-0.39, 0.29) is 11.8 Å². The number of hydrogen-bond acceptors (Lipinski definition) is 3. The van der Waals surface area contributed by atoms with Crippen molar-refractivity contribution in [2.75, 3.05) is 11.9 Å². The number of hydrogen-bond donors (Lipinski definition) is 0. The van der Waals surface area contributed by atoms with Crippen LogP contribution in [0.3, 0.4) is 0 Å². The zero-order valence-electron chi connectivity index (χ0n) is 11.6. The summed E-state index contributed by atoms with van der Waals surface area (Å²) in [6, 6.07) is 8.03. The first-order chi connectivity index (χ1) is 9.75. The molecule has 1 amide bonds. The summed E-state index contributed by atoms with van der Waals surface area (Å²) >= 11 is 0. The van der Waals surface area contributed by atoms with E-state index in [0.717, 1.165) is 11.1 Å². The second-order valence-electron chi connectivity index (χ2n) is 6.00. The fraction of sp³-hybridized carbons (Fsp3) is 0.500. The third kappa shape index (κ3) is 1.74. The fourth-order valence-electron chi connectivity index (χ4n) is 3.68. The van der Waals surface area contributed by atoms with Gasteiger partial charge in [-0.25, -0.2) is 0 Å². The minimum absolute atomic E-state index is 0.174. The van der Waals surface area contributed by atoms with Crippen LogP contribution in [0.2, 0.25) is 0 Å². The average molecular weight is 270 g/mol. The van der Waals surface area contributed by atoms with Crippen LogP contribution >= 0.6 is 0 Å². The second kappa shape index (κ2) is 4.33. The summed E-state index contributed by atoms with van der Waals surface area (Å²) < 4.78 is 5.68. The van der Waals surface area contributed by atoms with Gasteiger partial charge in [0.1, 0.15) is 5.52 Å². The zero-order valence-corrected chi connectivity index (χ0v) is 11.6. The van der Waals surface area contributed by atoms with Crippen LogP contribution in [-0.4, -0.2) is 17.9 Å². The third-order valence-corrected chi connectivity index (χ3v) is 4.84. The van der Waals surface area contributed by atoms with Crippen molar-refractivity contribution in [3.63, 3.8) is 0 Å². The van der Waals surface area contributed by atoms with Crippen LogP contribution in [0.15, 0.2) is 28.7 Å². The van der Waals surface area contributed by atoms with E-state index in [1.165, 1.54) is 25.7 Å². The molecule has 4 rings (SSSR count). The van der Waals surface area contributed by atoms with Crippen molar-refractivity contribution in [2.24, 2.45) is 17.8 Å². The number of nitrogens with zero attached hydrogens (tertiary/aromatic N) is 2. The molecule has 4 nitrogen and oxygen atoms in total. The summed E-state index contributed by atoms with van der Waals surface area (Å²) in [5.41, 5.74) is 1.53. The van der Waals surface area contributed by atoms with E-state index in [4.69, 9.17) is 4.42 Å². The summed E-state index contributed by atoms with van der Waals surface area (Å²) in [7, 11) is 1.78. The maximum Gasteiger partial charge on any atom is 0.304 e. The maximum absolute atomic E-state index is 12.6. The van der Waals surface area contributed by atoms with Crippen LogP contribution in [0, 0.1) is 17.8 Å². The fourth-order valence-corrected chi connectivity index (χ4v) is 3.68. The summed E-state index contributed by atoms with van der Waals surface area (Å²) in [6.45, 7) is 0. The van der Waals surface area contributed by atoms with Crippen LogP contribution in [0.5, 0.6) is 0 Å². The van der Waals surface area contributed by atoms with Crippen molar-refractivity contribution in [1.29, 1.82) is 0 Å². The van der Waals surface area contributed by atoms with Gasteiger partial charge in [0.25, 0.3) is 0 Å². The Kier molecular flexibility index (Phi) is 2.59. The highest BCUT2D eigenvalue weighted by molar-refractivity contribution is 5.95. The Bertz CT molecular complexity index is 618. The topological polar surface area (TPSA) is 46.3 Å². The molecule has 1 unspecified atom stereocenters. The minimum Gasteiger partial charge on any atom is -0.423 e. The molecule has 0 saturated heterocycles. The smallest absolute Gasteiger partial charge is 0.304 e.